The fourth-order valence-corrected chi connectivity index (χ4v) is 18.3. The maximum Gasteiger partial charge on any atom is 0.254 e. The lowest BCUT2D eigenvalue weighted by Crippen LogP contribution is -2.69. The van der Waals surface area contributed by atoms with E-state index in [0.717, 1.165) is 86.5 Å². The quantitative estimate of drug-likeness (QED) is 0.0253. The van der Waals surface area contributed by atoms with Crippen LogP contribution in [0.15, 0.2) is 60.7 Å². The van der Waals surface area contributed by atoms with Crippen LogP contribution in [0.3, 0.4) is 0 Å². The highest BCUT2D eigenvalue weighted by Crippen LogP contribution is 2.72. The highest BCUT2D eigenvalue weighted by atomic mass is 16.5. The molecule has 13 rings (SSSR count). The van der Waals surface area contributed by atoms with Gasteiger partial charge in [0.2, 0.25) is 5.75 Å². The number of fused-ring (bicyclic) bond motifs is 6. The minimum absolute atomic E-state index is 0.0392. The van der Waals surface area contributed by atoms with E-state index < -0.39 is 35.1 Å². The second kappa shape index (κ2) is 21.7. The summed E-state index contributed by atoms with van der Waals surface area (Å²) in [6, 6.07) is 16.1. The standard InChI is InChI=1S/C65H80N4O12/c1-4-67-34-81-51-29-49(78-23-21-66-2)41-14-15-42-57-48(68-63(76)60(51)59(41)57)28-50-58(42)61(74)44(33-80-50)37-26-52(77-3)62(75)53(27-37)79-32-38(31-71)65-30-47(64(19-8-5-9-20-64)69-54(72)16-17-55(69)73)40-13-12-35(18-22-70)43-24-36(25-46(65)56(40)43)39-10-6-7-11-45(39)65/h6-7,10-11,16-17,26-29,35-36,38,40,43-44,46-47,56,61,63,66-68,70-71,74-76H,4-5,8-9,12-15,18-25,30-34H2,1-3H3/t35-,36+,38+,40+,43-,44+,46+,47-,56-,61+,63-,65-/m1/s1. The molecule has 8 N–H and O–H groups in total. The molecule has 81 heavy (non-hydrogen) atoms. The van der Waals surface area contributed by atoms with Gasteiger partial charge in [-0.3, -0.25) is 19.8 Å². The number of carbonyl (C=O) groups is 2. The predicted octanol–water partition coefficient (Wildman–Crippen LogP) is 8.06. The van der Waals surface area contributed by atoms with Gasteiger partial charge in [0.15, 0.2) is 17.7 Å². The van der Waals surface area contributed by atoms with Crippen LogP contribution >= 0.6 is 0 Å². The van der Waals surface area contributed by atoms with E-state index in [9.17, 15) is 35.1 Å². The molecule has 4 fully saturated rings. The lowest BCUT2D eigenvalue weighted by molar-refractivity contribution is -0.178. The number of nitrogens with zero attached hydrogens (tertiary/aromatic N) is 1. The Kier molecular flexibility index (Phi) is 14.6. The summed E-state index contributed by atoms with van der Waals surface area (Å²) in [7, 11) is 3.37. The molecule has 2 amide bonds. The molecule has 9 aliphatic rings. The maximum atomic E-state index is 14.1. The number of hydrogen-bond donors (Lipinski definition) is 8. The summed E-state index contributed by atoms with van der Waals surface area (Å²) >= 11 is 0. The third-order valence-electron chi connectivity index (χ3n) is 21.5. The predicted molar refractivity (Wildman–Crippen MR) is 304 cm³/mol. The van der Waals surface area contributed by atoms with Gasteiger partial charge in [0.1, 0.15) is 30.6 Å². The zero-order valence-electron chi connectivity index (χ0n) is 47.0. The summed E-state index contributed by atoms with van der Waals surface area (Å²) in [5.74, 6) is 1.92. The number of anilines is 1. The van der Waals surface area contributed by atoms with Gasteiger partial charge in [-0.25, -0.2) is 0 Å². The van der Waals surface area contributed by atoms with Crippen LogP contribution in [0.5, 0.6) is 34.5 Å². The molecule has 16 nitrogen and oxygen atoms in total. The molecule has 4 aromatic rings. The summed E-state index contributed by atoms with van der Waals surface area (Å²) in [5, 5.41) is 69.1. The smallest absolute Gasteiger partial charge is 0.254 e. The van der Waals surface area contributed by atoms with Gasteiger partial charge < -0.3 is 59.9 Å². The summed E-state index contributed by atoms with van der Waals surface area (Å²) in [6.45, 7) is 4.08. The van der Waals surface area contributed by atoms with Crippen molar-refractivity contribution in [2.45, 2.75) is 126 Å². The number of aliphatic hydroxyl groups is 4. The van der Waals surface area contributed by atoms with Crippen molar-refractivity contribution in [1.82, 2.24) is 15.5 Å². The molecule has 0 unspecified atom stereocenters. The number of aromatic hydroxyl groups is 1. The molecule has 4 aromatic carbocycles. The first-order chi connectivity index (χ1) is 39.5. The largest absolute Gasteiger partial charge is 0.502 e. The molecule has 3 aliphatic heterocycles. The number of nitrogens with one attached hydrogen (secondary N) is 3. The fraction of sp³-hybridized carbons (Fsp3) is 0.569. The minimum Gasteiger partial charge on any atom is -0.502 e. The number of phenolic OH excluding ortho intramolecular Hbond substituents is 1. The molecule has 432 valence electrons. The van der Waals surface area contributed by atoms with Crippen molar-refractivity contribution in [3.8, 4) is 45.6 Å². The van der Waals surface area contributed by atoms with Gasteiger partial charge in [0, 0.05) is 82.6 Å². The molecule has 16 heteroatoms. The zero-order valence-corrected chi connectivity index (χ0v) is 47.0. The Bertz CT molecular complexity index is 3100. The Labute approximate surface area is 474 Å². The average molecular weight is 1110 g/mol. The molecule has 2 bridgehead atoms. The van der Waals surface area contributed by atoms with Crippen LogP contribution in [0.25, 0.3) is 11.1 Å². The molecule has 0 saturated heterocycles. The summed E-state index contributed by atoms with van der Waals surface area (Å²) < 4.78 is 32.2. The number of rotatable bonds is 19. The van der Waals surface area contributed by atoms with Crippen molar-refractivity contribution < 1.29 is 58.8 Å². The molecule has 0 radical (unpaired) electrons. The first kappa shape index (κ1) is 54.4. The van der Waals surface area contributed by atoms with Crippen molar-refractivity contribution >= 4 is 17.5 Å². The molecule has 0 aromatic heterocycles. The molecule has 3 heterocycles. The van der Waals surface area contributed by atoms with Crippen LogP contribution in [0.4, 0.5) is 5.69 Å². The van der Waals surface area contributed by atoms with Crippen LogP contribution in [0.2, 0.25) is 0 Å². The van der Waals surface area contributed by atoms with Crippen LogP contribution < -0.4 is 39.6 Å². The highest BCUT2D eigenvalue weighted by molar-refractivity contribution is 6.13. The third kappa shape index (κ3) is 8.57. The molecule has 0 spiro atoms. The second-order valence-electron chi connectivity index (χ2n) is 24.8. The van der Waals surface area contributed by atoms with Crippen molar-refractivity contribution in [3.05, 3.63) is 99.6 Å². The number of methoxy groups -OCH3 is 1. The minimum atomic E-state index is -1.08. The van der Waals surface area contributed by atoms with Crippen LogP contribution in [0.1, 0.15) is 141 Å². The number of imide groups is 1. The lowest BCUT2D eigenvalue weighted by atomic mass is 9.36. The number of hydrogen-bond acceptors (Lipinski definition) is 15. The number of carbonyl (C=O) groups excluding carboxylic acids is 2. The van der Waals surface area contributed by atoms with Gasteiger partial charge >= 0.3 is 0 Å². The number of benzene rings is 4. The third-order valence-corrected chi connectivity index (χ3v) is 21.5. The van der Waals surface area contributed by atoms with Crippen LogP contribution in [0, 0.1) is 41.4 Å². The second-order valence-corrected chi connectivity index (χ2v) is 24.8. The molecule has 12 atom stereocenters. The van der Waals surface area contributed by atoms with Gasteiger partial charge in [0.05, 0.1) is 44.1 Å². The Morgan fingerprint density at radius 2 is 1.65 bits per heavy atom. The first-order valence-corrected chi connectivity index (χ1v) is 30.2. The number of amides is 2. The van der Waals surface area contributed by atoms with E-state index in [4.69, 9.17) is 23.7 Å². The lowest BCUT2D eigenvalue weighted by Gasteiger charge is -2.69. The Morgan fingerprint density at radius 3 is 2.42 bits per heavy atom. The van der Waals surface area contributed by atoms with E-state index in [2.05, 4.69) is 40.2 Å². The van der Waals surface area contributed by atoms with Gasteiger partial charge in [-0.15, -0.1) is 0 Å². The van der Waals surface area contributed by atoms with Gasteiger partial charge in [-0.05, 0) is 154 Å². The van der Waals surface area contributed by atoms with Crippen LogP contribution in [-0.2, 0) is 27.8 Å². The van der Waals surface area contributed by atoms with E-state index in [1.807, 2.05) is 26.1 Å². The number of ether oxygens (including phenoxy) is 5. The monoisotopic (exact) mass is 1110 g/mol. The average Bonchev–Trinajstić information content (AvgIpc) is 2.02. The number of likely N-dealkylation sites (N-methyl/N-ethyl adjacent to an activating group) is 1. The van der Waals surface area contributed by atoms with E-state index in [1.54, 1.807) is 17.0 Å². The van der Waals surface area contributed by atoms with Gasteiger partial charge in [-0.2, -0.15) is 0 Å². The summed E-state index contributed by atoms with van der Waals surface area (Å²) in [6.07, 6.45) is 11.7. The molecular formula is C65H80N4O12. The Balaban J connectivity index is 0.873. The van der Waals surface area contributed by atoms with Crippen molar-refractivity contribution in [2.75, 3.05) is 72.3 Å². The topological polar surface area (TPSA) is 221 Å². The van der Waals surface area contributed by atoms with Gasteiger partial charge in [0.25, 0.3) is 11.8 Å². The fourth-order valence-electron chi connectivity index (χ4n) is 18.3. The normalized spacial score (nSPS) is 30.1. The van der Waals surface area contributed by atoms with E-state index in [-0.39, 0.29) is 85.9 Å². The number of phenols is 1. The van der Waals surface area contributed by atoms with Crippen molar-refractivity contribution in [1.29, 1.82) is 0 Å². The van der Waals surface area contributed by atoms with E-state index in [0.29, 0.717) is 96.3 Å². The zero-order chi connectivity index (χ0) is 55.9. The molecule has 6 aliphatic carbocycles. The first-order valence-electron chi connectivity index (χ1n) is 30.2. The molecule has 4 saturated carbocycles. The highest BCUT2D eigenvalue weighted by Gasteiger charge is 2.68. The SMILES string of the molecule is CCNCOc1cc(OCCNC)c2c3c1[C@@H](O)Nc1cc4c(c(c1-3)CC2)[C@@H](O)[C@H](c1cc(OC)c(O)c(OC[C@H](CO)[C@@]23C[C@@H](C5(N6C(=O)C=CC6=O)CCCCC5)[C@@H]5CC[C@H](CCO)[C@H]6C[C@@H](C[C@H]2[C@@H]65)c2ccccc23)c1)CO4. The Morgan fingerprint density at radius 1 is 0.864 bits per heavy atom. The van der Waals surface area contributed by atoms with E-state index >= 15 is 0 Å². The van der Waals surface area contributed by atoms with E-state index in [1.165, 1.54) is 30.4 Å². The van der Waals surface area contributed by atoms with Crippen molar-refractivity contribution in [3.63, 3.8) is 0 Å². The van der Waals surface area contributed by atoms with Gasteiger partial charge in [-0.1, -0.05) is 50.5 Å². The summed E-state index contributed by atoms with van der Waals surface area (Å²) in [5.41, 5.74) is 7.37. The number of aliphatic hydroxyl groups excluding tert-OH is 4. The summed E-state index contributed by atoms with van der Waals surface area (Å²) in [4.78, 5) is 29.9. The maximum absolute atomic E-state index is 14.1. The van der Waals surface area contributed by atoms with Crippen LogP contribution in [-0.4, -0.2) is 115 Å². The van der Waals surface area contributed by atoms with Crippen molar-refractivity contribution in [2.24, 2.45) is 41.4 Å². The molecular weight excluding hydrogens is 1030 g/mol. The Hall–Kier alpha value is -5.88.